The second-order valence-electron chi connectivity index (χ2n) is 16.2. The normalized spacial score (nSPS) is 54.4. The molecule has 18 atom stereocenters. The highest BCUT2D eigenvalue weighted by molar-refractivity contribution is 5.85. The van der Waals surface area contributed by atoms with Gasteiger partial charge in [-0.1, -0.05) is 6.92 Å². The third kappa shape index (κ3) is 5.64. The summed E-state index contributed by atoms with van der Waals surface area (Å²) < 4.78 is 28.7. The Morgan fingerprint density at radius 1 is 0.837 bits per heavy atom. The smallest absolute Gasteiger partial charge is 0.331 e. The first-order valence-electron chi connectivity index (χ1n) is 18.1. The maximum absolute atomic E-state index is 12.5. The van der Waals surface area contributed by atoms with Gasteiger partial charge in [0.1, 0.15) is 49.3 Å². The van der Waals surface area contributed by atoms with Gasteiger partial charge in [0.2, 0.25) is 0 Å². The van der Waals surface area contributed by atoms with Gasteiger partial charge in [-0.15, -0.1) is 0 Å². The topological polar surface area (TPSA) is 225 Å². The minimum atomic E-state index is -1.67. The average Bonchev–Trinajstić information content (AvgIpc) is 3.64. The summed E-state index contributed by atoms with van der Waals surface area (Å²) in [4.78, 5) is 11.9. The first kappa shape index (κ1) is 36.1. The van der Waals surface area contributed by atoms with Crippen LogP contribution >= 0.6 is 0 Å². The number of carbonyl (C=O) groups excluding carboxylic acids is 1. The van der Waals surface area contributed by atoms with Crippen molar-refractivity contribution in [3.05, 3.63) is 11.6 Å². The summed E-state index contributed by atoms with van der Waals surface area (Å²) >= 11 is 0. The Hall–Kier alpha value is -1.27. The molecule has 4 aliphatic carbocycles. The number of hydrogen-bond acceptors (Lipinski definition) is 14. The number of cyclic esters (lactones) is 1. The average molecular weight is 699 g/mol. The van der Waals surface area contributed by atoms with Crippen molar-refractivity contribution < 1.29 is 69.3 Å². The van der Waals surface area contributed by atoms with Gasteiger partial charge in [-0.2, -0.15) is 0 Å². The first-order valence-corrected chi connectivity index (χ1v) is 18.1. The standard InChI is InChI=1S/C35H54O14/c1-16-30(49-32-28(42)26(40)25(39)23(13-36)48-32)27(41)29(43)31(46-16)47-19-5-9-34(15-37)18(12-19)3-4-22-21(34)6-8-33(2)20(7-10-35(22,33)44)17-11-24(38)45-14-17/h11,16,18-23,25-32,36-37,39-44H,3-10,12-15H2,1-2H3/t16-,18+,19-,20+,21-,22+,23+,25-,26-,27-,28+,29+,30-,31-,32-,33+,34+,35-/m0/s1. The van der Waals surface area contributed by atoms with E-state index in [0.717, 1.165) is 37.7 Å². The van der Waals surface area contributed by atoms with Crippen molar-refractivity contribution >= 4 is 5.97 Å². The monoisotopic (exact) mass is 698 g/mol. The Bertz CT molecular complexity index is 1260. The van der Waals surface area contributed by atoms with E-state index >= 15 is 0 Å². The molecule has 0 amide bonds. The maximum Gasteiger partial charge on any atom is 0.331 e. The van der Waals surface area contributed by atoms with Gasteiger partial charge in [-0.05, 0) is 99.4 Å². The number of carbonyl (C=O) groups is 1. The minimum Gasteiger partial charge on any atom is -0.458 e. The van der Waals surface area contributed by atoms with E-state index in [4.69, 9.17) is 23.7 Å². The molecular weight excluding hydrogens is 644 g/mol. The highest BCUT2D eigenvalue weighted by Gasteiger charge is 2.68. The summed E-state index contributed by atoms with van der Waals surface area (Å²) in [6.45, 7) is 3.47. The summed E-state index contributed by atoms with van der Waals surface area (Å²) in [5, 5.41) is 85.8. The van der Waals surface area contributed by atoms with E-state index in [-0.39, 0.29) is 53.2 Å². The van der Waals surface area contributed by atoms with Crippen LogP contribution in [0.4, 0.5) is 0 Å². The molecule has 14 heteroatoms. The van der Waals surface area contributed by atoms with Crippen LogP contribution in [-0.2, 0) is 28.5 Å². The number of aliphatic hydroxyl groups is 8. The van der Waals surface area contributed by atoms with E-state index in [0.29, 0.717) is 32.3 Å². The van der Waals surface area contributed by atoms with Gasteiger partial charge in [0.15, 0.2) is 12.6 Å². The summed E-state index contributed by atoms with van der Waals surface area (Å²) in [7, 11) is 0. The van der Waals surface area contributed by atoms with Crippen molar-refractivity contribution in [2.24, 2.45) is 34.5 Å². The fourth-order valence-electron chi connectivity index (χ4n) is 11.4. The predicted molar refractivity (Wildman–Crippen MR) is 167 cm³/mol. The van der Waals surface area contributed by atoms with Crippen LogP contribution in [0.2, 0.25) is 0 Å². The van der Waals surface area contributed by atoms with Crippen LogP contribution in [0.1, 0.15) is 71.6 Å². The van der Waals surface area contributed by atoms with Crippen LogP contribution in [-0.4, -0.2) is 140 Å². The number of hydrogen-bond donors (Lipinski definition) is 8. The zero-order chi connectivity index (χ0) is 35.0. The molecule has 6 fully saturated rings. The molecular formula is C35H54O14. The van der Waals surface area contributed by atoms with Gasteiger partial charge in [0.05, 0.1) is 24.4 Å². The predicted octanol–water partition coefficient (Wildman–Crippen LogP) is -0.747. The Kier molecular flexibility index (Phi) is 9.80. The largest absolute Gasteiger partial charge is 0.458 e. The quantitative estimate of drug-likeness (QED) is 0.121. The number of fused-ring (bicyclic) bond motifs is 5. The van der Waals surface area contributed by atoms with Gasteiger partial charge in [0.25, 0.3) is 0 Å². The molecule has 49 heavy (non-hydrogen) atoms. The summed E-state index contributed by atoms with van der Waals surface area (Å²) in [5.74, 6) is 0.104. The van der Waals surface area contributed by atoms with Crippen molar-refractivity contribution in [1.82, 2.24) is 0 Å². The fraction of sp³-hybridized carbons (Fsp3) is 0.914. The molecule has 0 bridgehead atoms. The van der Waals surface area contributed by atoms with E-state index in [9.17, 15) is 45.6 Å². The Morgan fingerprint density at radius 3 is 2.27 bits per heavy atom. The number of ether oxygens (including phenoxy) is 5. The highest BCUT2D eigenvalue weighted by atomic mass is 16.7. The molecule has 0 spiro atoms. The number of aliphatic hydroxyl groups excluding tert-OH is 7. The lowest BCUT2D eigenvalue weighted by Gasteiger charge is -2.64. The molecule has 0 aromatic rings. The first-order chi connectivity index (χ1) is 23.3. The lowest BCUT2D eigenvalue weighted by atomic mass is 9.43. The van der Waals surface area contributed by atoms with E-state index < -0.39 is 73.6 Å². The zero-order valence-corrected chi connectivity index (χ0v) is 28.3. The number of rotatable bonds is 7. The van der Waals surface area contributed by atoms with Crippen molar-refractivity contribution in [3.63, 3.8) is 0 Å². The molecule has 0 aromatic heterocycles. The lowest BCUT2D eigenvalue weighted by Crippen LogP contribution is -2.64. The van der Waals surface area contributed by atoms with Crippen LogP contribution in [0.25, 0.3) is 0 Å². The number of esters is 1. The van der Waals surface area contributed by atoms with Crippen molar-refractivity contribution in [1.29, 1.82) is 0 Å². The lowest BCUT2D eigenvalue weighted by molar-refractivity contribution is -0.360. The van der Waals surface area contributed by atoms with Gasteiger partial charge < -0.3 is 64.5 Å². The van der Waals surface area contributed by atoms with E-state index in [1.54, 1.807) is 13.0 Å². The molecule has 7 aliphatic rings. The van der Waals surface area contributed by atoms with Gasteiger partial charge in [-0.25, -0.2) is 4.79 Å². The molecule has 4 saturated carbocycles. The van der Waals surface area contributed by atoms with E-state index in [1.807, 2.05) is 0 Å². The molecule has 2 saturated heterocycles. The highest BCUT2D eigenvalue weighted by Crippen LogP contribution is 2.70. The van der Waals surface area contributed by atoms with Crippen LogP contribution in [0.15, 0.2) is 11.6 Å². The van der Waals surface area contributed by atoms with Crippen LogP contribution in [0.3, 0.4) is 0 Å². The summed E-state index contributed by atoms with van der Waals surface area (Å²) in [6, 6.07) is 0. The van der Waals surface area contributed by atoms with Crippen molar-refractivity contribution in [2.75, 3.05) is 19.8 Å². The van der Waals surface area contributed by atoms with Gasteiger partial charge in [0, 0.05) is 18.1 Å². The molecule has 278 valence electrons. The van der Waals surface area contributed by atoms with E-state index in [2.05, 4.69) is 6.92 Å². The van der Waals surface area contributed by atoms with Crippen LogP contribution < -0.4 is 0 Å². The van der Waals surface area contributed by atoms with Crippen molar-refractivity contribution in [3.8, 4) is 0 Å². The van der Waals surface area contributed by atoms with Crippen molar-refractivity contribution in [2.45, 2.75) is 145 Å². The molecule has 0 unspecified atom stereocenters. The third-order valence-electron chi connectivity index (χ3n) is 14.2. The minimum absolute atomic E-state index is 0.0184. The Balaban J connectivity index is 0.995. The van der Waals surface area contributed by atoms with Gasteiger partial charge >= 0.3 is 5.97 Å². The Morgan fingerprint density at radius 2 is 1.57 bits per heavy atom. The second kappa shape index (κ2) is 13.3. The SMILES string of the molecule is C[C@@H]1O[C@@H](O[C@H]2CC[C@@]3(CO)[C@H](CC[C@@H]4[C@@H]3CC[C@]3(C)[C@@H](C5=CC(=O)OC5)CC[C@]43O)C2)[C@H](O)[C@H](O)[C@H]1O[C@@H]1O[C@H](CO)[C@H](O)[C@H](O)[C@H]1O. The summed E-state index contributed by atoms with van der Waals surface area (Å²) in [5.41, 5.74) is -0.641. The molecule has 14 nitrogen and oxygen atoms in total. The van der Waals surface area contributed by atoms with Crippen LogP contribution in [0, 0.1) is 34.5 Å². The molecule has 3 heterocycles. The zero-order valence-electron chi connectivity index (χ0n) is 28.3. The molecule has 8 N–H and O–H groups in total. The Labute approximate surface area is 285 Å². The summed E-state index contributed by atoms with van der Waals surface area (Å²) in [6.07, 6.45) is -5.76. The third-order valence-corrected chi connectivity index (χ3v) is 14.2. The second-order valence-corrected chi connectivity index (χ2v) is 16.2. The fourth-order valence-corrected chi connectivity index (χ4v) is 11.4. The molecule has 3 aliphatic heterocycles. The molecule has 0 aromatic carbocycles. The van der Waals surface area contributed by atoms with E-state index in [1.165, 1.54) is 0 Å². The molecule has 7 rings (SSSR count). The van der Waals surface area contributed by atoms with Crippen LogP contribution in [0.5, 0.6) is 0 Å². The van der Waals surface area contributed by atoms with Gasteiger partial charge in [-0.3, -0.25) is 0 Å². The molecule has 0 radical (unpaired) electrons. The maximum atomic E-state index is 12.5.